The standard InChI is InChI=1S/C13H20Br2N2O/c1-3-17-11(12(15)10(2)16-17)7-13(8-14)5-4-6-18-9-13/h3-9H2,1-2H3. The van der Waals surface area contributed by atoms with Crippen LogP contribution in [0.3, 0.4) is 0 Å². The van der Waals surface area contributed by atoms with E-state index in [2.05, 4.69) is 55.5 Å². The lowest BCUT2D eigenvalue weighted by Gasteiger charge is -2.35. The second-order valence-corrected chi connectivity index (χ2v) is 6.48. The number of aromatic nitrogens is 2. The van der Waals surface area contributed by atoms with Crippen molar-refractivity contribution in [3.8, 4) is 0 Å². The zero-order valence-corrected chi connectivity index (χ0v) is 14.2. The van der Waals surface area contributed by atoms with Gasteiger partial charge in [0.2, 0.25) is 0 Å². The van der Waals surface area contributed by atoms with Crippen molar-refractivity contribution in [1.82, 2.24) is 9.78 Å². The molecule has 0 aliphatic carbocycles. The van der Waals surface area contributed by atoms with Crippen molar-refractivity contribution in [2.75, 3.05) is 18.5 Å². The molecular formula is C13H20Br2N2O. The van der Waals surface area contributed by atoms with E-state index < -0.39 is 0 Å². The number of alkyl halides is 1. The molecule has 5 heteroatoms. The van der Waals surface area contributed by atoms with E-state index >= 15 is 0 Å². The third-order valence-corrected chi connectivity index (χ3v) is 5.90. The maximum absolute atomic E-state index is 5.69. The zero-order valence-electron chi connectivity index (χ0n) is 11.0. The van der Waals surface area contributed by atoms with Gasteiger partial charge in [0.1, 0.15) is 0 Å². The molecule has 1 saturated heterocycles. The van der Waals surface area contributed by atoms with Gasteiger partial charge in [0.15, 0.2) is 0 Å². The van der Waals surface area contributed by atoms with E-state index in [4.69, 9.17) is 4.74 Å². The first-order valence-electron chi connectivity index (χ1n) is 6.47. The van der Waals surface area contributed by atoms with Gasteiger partial charge in [-0.05, 0) is 49.0 Å². The largest absolute Gasteiger partial charge is 0.381 e. The number of nitrogens with zero attached hydrogens (tertiary/aromatic N) is 2. The highest BCUT2D eigenvalue weighted by Gasteiger charge is 2.34. The number of halogens is 2. The molecule has 1 atom stereocenters. The van der Waals surface area contributed by atoms with E-state index in [0.717, 1.165) is 48.1 Å². The first kappa shape index (κ1) is 14.5. The summed E-state index contributed by atoms with van der Waals surface area (Å²) in [6.07, 6.45) is 3.40. The minimum atomic E-state index is 0.222. The Bertz CT molecular complexity index is 411. The Hall–Kier alpha value is 0.130. The van der Waals surface area contributed by atoms with Crippen LogP contribution in [0.2, 0.25) is 0 Å². The smallest absolute Gasteiger partial charge is 0.0738 e. The van der Waals surface area contributed by atoms with E-state index in [0.29, 0.717) is 0 Å². The lowest BCUT2D eigenvalue weighted by atomic mass is 9.80. The van der Waals surface area contributed by atoms with Crippen LogP contribution in [0, 0.1) is 12.3 Å². The fourth-order valence-electron chi connectivity index (χ4n) is 2.60. The van der Waals surface area contributed by atoms with Crippen molar-refractivity contribution in [2.24, 2.45) is 5.41 Å². The molecule has 1 fully saturated rings. The molecule has 0 bridgehead atoms. The van der Waals surface area contributed by atoms with Gasteiger partial charge in [0.25, 0.3) is 0 Å². The molecule has 1 aliphatic heterocycles. The third-order valence-electron chi connectivity index (χ3n) is 3.68. The first-order valence-corrected chi connectivity index (χ1v) is 8.39. The topological polar surface area (TPSA) is 27.1 Å². The van der Waals surface area contributed by atoms with Crippen molar-refractivity contribution in [3.63, 3.8) is 0 Å². The molecule has 102 valence electrons. The predicted molar refractivity (Wildman–Crippen MR) is 80.3 cm³/mol. The number of ether oxygens (including phenoxy) is 1. The van der Waals surface area contributed by atoms with Crippen molar-refractivity contribution in [2.45, 2.75) is 39.7 Å². The second-order valence-electron chi connectivity index (χ2n) is 5.13. The first-order chi connectivity index (χ1) is 8.62. The van der Waals surface area contributed by atoms with Gasteiger partial charge < -0.3 is 4.74 Å². The van der Waals surface area contributed by atoms with Crippen molar-refractivity contribution >= 4 is 31.9 Å². The Morgan fingerprint density at radius 3 is 2.83 bits per heavy atom. The monoisotopic (exact) mass is 378 g/mol. The molecule has 0 N–H and O–H groups in total. The summed E-state index contributed by atoms with van der Waals surface area (Å²) in [5, 5.41) is 5.56. The molecule has 1 aromatic rings. The predicted octanol–water partition coefficient (Wildman–Crippen LogP) is 3.71. The molecule has 1 aromatic heterocycles. The van der Waals surface area contributed by atoms with E-state index in [9.17, 15) is 0 Å². The summed E-state index contributed by atoms with van der Waals surface area (Å²) in [5.74, 6) is 0. The fraction of sp³-hybridized carbons (Fsp3) is 0.769. The van der Waals surface area contributed by atoms with Crippen LogP contribution in [-0.2, 0) is 17.7 Å². The Morgan fingerprint density at radius 2 is 2.28 bits per heavy atom. The molecule has 0 saturated carbocycles. The normalized spacial score (nSPS) is 24.4. The summed E-state index contributed by atoms with van der Waals surface area (Å²) in [6.45, 7) is 6.86. The van der Waals surface area contributed by atoms with Gasteiger partial charge in [0, 0.05) is 23.9 Å². The molecule has 2 rings (SSSR count). The Kier molecular flexibility index (Phi) is 4.89. The average molecular weight is 380 g/mol. The van der Waals surface area contributed by atoms with Gasteiger partial charge >= 0.3 is 0 Å². The van der Waals surface area contributed by atoms with Crippen LogP contribution in [0.25, 0.3) is 0 Å². The maximum atomic E-state index is 5.69. The molecule has 18 heavy (non-hydrogen) atoms. The van der Waals surface area contributed by atoms with Crippen molar-refractivity contribution in [3.05, 3.63) is 15.9 Å². The van der Waals surface area contributed by atoms with Crippen LogP contribution in [0.15, 0.2) is 4.47 Å². The second kappa shape index (κ2) is 6.06. The molecule has 1 unspecified atom stereocenters. The van der Waals surface area contributed by atoms with Crippen LogP contribution in [0.1, 0.15) is 31.2 Å². The van der Waals surface area contributed by atoms with Crippen molar-refractivity contribution < 1.29 is 4.74 Å². The van der Waals surface area contributed by atoms with Gasteiger partial charge in [-0.25, -0.2) is 0 Å². The molecule has 0 spiro atoms. The van der Waals surface area contributed by atoms with Gasteiger partial charge in [-0.1, -0.05) is 15.9 Å². The van der Waals surface area contributed by atoms with Crippen molar-refractivity contribution in [1.29, 1.82) is 0 Å². The maximum Gasteiger partial charge on any atom is 0.0738 e. The lowest BCUT2D eigenvalue weighted by Crippen LogP contribution is -2.36. The summed E-state index contributed by atoms with van der Waals surface area (Å²) in [5.41, 5.74) is 2.61. The number of hydrogen-bond donors (Lipinski definition) is 0. The summed E-state index contributed by atoms with van der Waals surface area (Å²) in [4.78, 5) is 0. The Labute approximate surface area is 126 Å². The SMILES string of the molecule is CCn1nc(C)c(Br)c1CC1(CBr)CCCOC1. The number of aryl methyl sites for hydroxylation is 2. The summed E-state index contributed by atoms with van der Waals surface area (Å²) >= 11 is 7.36. The molecule has 3 nitrogen and oxygen atoms in total. The summed E-state index contributed by atoms with van der Waals surface area (Å²) < 4.78 is 8.97. The summed E-state index contributed by atoms with van der Waals surface area (Å²) in [7, 11) is 0. The van der Waals surface area contributed by atoms with Crippen LogP contribution in [0.5, 0.6) is 0 Å². The minimum absolute atomic E-state index is 0.222. The third kappa shape index (κ3) is 2.83. The molecule has 2 heterocycles. The highest BCUT2D eigenvalue weighted by Crippen LogP contribution is 2.36. The Balaban J connectivity index is 2.26. The van der Waals surface area contributed by atoms with E-state index in [1.165, 1.54) is 12.1 Å². The quantitative estimate of drug-likeness (QED) is 0.745. The van der Waals surface area contributed by atoms with Crippen LogP contribution >= 0.6 is 31.9 Å². The minimum Gasteiger partial charge on any atom is -0.381 e. The highest BCUT2D eigenvalue weighted by molar-refractivity contribution is 9.10. The molecule has 0 radical (unpaired) electrons. The van der Waals surface area contributed by atoms with Crippen LogP contribution < -0.4 is 0 Å². The van der Waals surface area contributed by atoms with Crippen LogP contribution in [0.4, 0.5) is 0 Å². The number of rotatable bonds is 4. The van der Waals surface area contributed by atoms with Gasteiger partial charge in [-0.3, -0.25) is 4.68 Å². The van der Waals surface area contributed by atoms with Gasteiger partial charge in [-0.2, -0.15) is 5.10 Å². The van der Waals surface area contributed by atoms with E-state index in [1.807, 2.05) is 0 Å². The molecule has 1 aliphatic rings. The lowest BCUT2D eigenvalue weighted by molar-refractivity contribution is 0.00511. The Morgan fingerprint density at radius 1 is 1.50 bits per heavy atom. The fourth-order valence-corrected chi connectivity index (χ4v) is 3.66. The molecule has 0 amide bonds. The number of hydrogen-bond acceptors (Lipinski definition) is 2. The zero-order chi connectivity index (χ0) is 13.2. The average Bonchev–Trinajstić information content (AvgIpc) is 2.67. The van der Waals surface area contributed by atoms with Gasteiger partial charge in [0.05, 0.1) is 22.5 Å². The molecule has 0 aromatic carbocycles. The van der Waals surface area contributed by atoms with E-state index in [1.54, 1.807) is 0 Å². The molecular weight excluding hydrogens is 360 g/mol. The van der Waals surface area contributed by atoms with E-state index in [-0.39, 0.29) is 5.41 Å². The summed E-state index contributed by atoms with van der Waals surface area (Å²) in [6, 6.07) is 0. The van der Waals surface area contributed by atoms with Crippen LogP contribution in [-0.4, -0.2) is 28.3 Å². The highest BCUT2D eigenvalue weighted by atomic mass is 79.9. The van der Waals surface area contributed by atoms with Gasteiger partial charge in [-0.15, -0.1) is 0 Å².